The highest BCUT2D eigenvalue weighted by molar-refractivity contribution is 9.10. The van der Waals surface area contributed by atoms with E-state index in [-0.39, 0.29) is 5.41 Å². The highest BCUT2D eigenvalue weighted by Gasteiger charge is 2.22. The average molecular weight is 271 g/mol. The van der Waals surface area contributed by atoms with Crippen molar-refractivity contribution in [2.24, 2.45) is 11.1 Å². The van der Waals surface area contributed by atoms with Crippen LogP contribution in [0, 0.1) is 5.41 Å². The van der Waals surface area contributed by atoms with E-state index < -0.39 is 0 Å². The first-order chi connectivity index (χ1) is 6.93. The van der Waals surface area contributed by atoms with E-state index in [2.05, 4.69) is 54.2 Å². The van der Waals surface area contributed by atoms with Gasteiger partial charge in [-0.2, -0.15) is 0 Å². The molecule has 3 heteroatoms. The van der Waals surface area contributed by atoms with E-state index in [9.17, 15) is 0 Å². The summed E-state index contributed by atoms with van der Waals surface area (Å²) in [6, 6.07) is 8.45. The van der Waals surface area contributed by atoms with Crippen molar-refractivity contribution in [3.8, 4) is 0 Å². The Kier molecular flexibility index (Phi) is 4.17. The predicted molar refractivity (Wildman–Crippen MR) is 70.1 cm³/mol. The second-order valence-corrected chi connectivity index (χ2v) is 5.72. The molecule has 0 saturated carbocycles. The second kappa shape index (κ2) is 4.99. The lowest BCUT2D eigenvalue weighted by Gasteiger charge is -2.31. The topological polar surface area (TPSA) is 38.0 Å². The van der Waals surface area contributed by atoms with Gasteiger partial charge in [-0.05, 0) is 29.7 Å². The minimum absolute atomic E-state index is 0.168. The van der Waals surface area contributed by atoms with Crippen LogP contribution in [-0.2, 0) is 0 Å². The van der Waals surface area contributed by atoms with Crippen LogP contribution in [0.4, 0.5) is 5.69 Å². The summed E-state index contributed by atoms with van der Waals surface area (Å²) >= 11 is 3.42. The predicted octanol–water partition coefficient (Wildman–Crippen LogP) is 3.23. The van der Waals surface area contributed by atoms with Crippen molar-refractivity contribution >= 4 is 21.6 Å². The van der Waals surface area contributed by atoms with Crippen molar-refractivity contribution < 1.29 is 0 Å². The Hall–Kier alpha value is -0.540. The van der Waals surface area contributed by atoms with Crippen LogP contribution in [0.25, 0.3) is 0 Å². The Morgan fingerprint density at radius 1 is 1.27 bits per heavy atom. The molecule has 0 amide bonds. The summed E-state index contributed by atoms with van der Waals surface area (Å²) in [5.74, 6) is 0. The van der Waals surface area contributed by atoms with E-state index in [0.717, 1.165) is 10.2 Å². The fraction of sp³-hybridized carbons (Fsp3) is 0.500. The number of rotatable bonds is 3. The van der Waals surface area contributed by atoms with E-state index in [4.69, 9.17) is 5.73 Å². The molecule has 0 spiro atoms. The first-order valence-electron chi connectivity index (χ1n) is 5.15. The second-order valence-electron chi connectivity index (χ2n) is 4.81. The molecule has 0 aromatic heterocycles. The first kappa shape index (κ1) is 12.5. The molecule has 0 radical (unpaired) electrons. The molecule has 1 atom stereocenters. The SMILES string of the molecule is CC(C)(C)C(CN)Nc1ccc(Br)cc1. The van der Waals surface area contributed by atoms with Crippen LogP contribution < -0.4 is 11.1 Å². The maximum Gasteiger partial charge on any atom is 0.0432 e. The zero-order valence-electron chi connectivity index (χ0n) is 9.55. The molecule has 15 heavy (non-hydrogen) atoms. The quantitative estimate of drug-likeness (QED) is 0.885. The Bertz CT molecular complexity index is 300. The molecule has 0 aliphatic carbocycles. The van der Waals surface area contributed by atoms with Gasteiger partial charge in [-0.3, -0.25) is 0 Å². The van der Waals surface area contributed by atoms with Gasteiger partial charge in [-0.1, -0.05) is 36.7 Å². The van der Waals surface area contributed by atoms with Crippen molar-refractivity contribution in [2.75, 3.05) is 11.9 Å². The number of hydrogen-bond donors (Lipinski definition) is 2. The molecular weight excluding hydrogens is 252 g/mol. The normalized spacial score (nSPS) is 13.7. The van der Waals surface area contributed by atoms with Crippen molar-refractivity contribution in [3.05, 3.63) is 28.7 Å². The van der Waals surface area contributed by atoms with Gasteiger partial charge in [0, 0.05) is 22.7 Å². The molecule has 1 aromatic carbocycles. The summed E-state index contributed by atoms with van der Waals surface area (Å²) in [5.41, 5.74) is 7.05. The number of nitrogens with two attached hydrogens (primary N) is 1. The van der Waals surface area contributed by atoms with Gasteiger partial charge in [0.1, 0.15) is 0 Å². The van der Waals surface area contributed by atoms with Crippen molar-refractivity contribution in [3.63, 3.8) is 0 Å². The zero-order valence-corrected chi connectivity index (χ0v) is 11.1. The third kappa shape index (κ3) is 3.84. The number of halogens is 1. The maximum absolute atomic E-state index is 5.76. The summed E-state index contributed by atoms with van der Waals surface area (Å²) in [7, 11) is 0. The molecule has 0 heterocycles. The van der Waals surface area contributed by atoms with E-state index >= 15 is 0 Å². The van der Waals surface area contributed by atoms with Gasteiger partial charge in [0.15, 0.2) is 0 Å². The molecule has 2 nitrogen and oxygen atoms in total. The van der Waals surface area contributed by atoms with Crippen molar-refractivity contribution in [1.82, 2.24) is 0 Å². The number of benzene rings is 1. The highest BCUT2D eigenvalue weighted by Crippen LogP contribution is 2.23. The third-order valence-electron chi connectivity index (χ3n) is 2.47. The summed E-state index contributed by atoms with van der Waals surface area (Å²) in [4.78, 5) is 0. The molecule has 1 unspecified atom stereocenters. The standard InChI is InChI=1S/C12H19BrN2/c1-12(2,3)11(8-14)15-10-6-4-9(13)5-7-10/h4-7,11,15H,8,14H2,1-3H3. The van der Waals surface area contributed by atoms with Crippen LogP contribution in [0.5, 0.6) is 0 Å². The smallest absolute Gasteiger partial charge is 0.0432 e. The number of hydrogen-bond acceptors (Lipinski definition) is 2. The molecule has 0 fully saturated rings. The van der Waals surface area contributed by atoms with E-state index in [1.807, 2.05) is 12.1 Å². The van der Waals surface area contributed by atoms with Crippen LogP contribution in [0.15, 0.2) is 28.7 Å². The van der Waals surface area contributed by atoms with Gasteiger partial charge in [-0.15, -0.1) is 0 Å². The third-order valence-corrected chi connectivity index (χ3v) is 2.99. The summed E-state index contributed by atoms with van der Waals surface area (Å²) in [6.45, 7) is 7.21. The molecule has 0 aliphatic heterocycles. The molecule has 3 N–H and O–H groups in total. The lowest BCUT2D eigenvalue weighted by atomic mass is 9.86. The van der Waals surface area contributed by atoms with Crippen molar-refractivity contribution in [1.29, 1.82) is 0 Å². The minimum atomic E-state index is 0.168. The fourth-order valence-corrected chi connectivity index (χ4v) is 1.64. The average Bonchev–Trinajstić information content (AvgIpc) is 2.15. The van der Waals surface area contributed by atoms with Gasteiger partial charge in [0.05, 0.1) is 0 Å². The van der Waals surface area contributed by atoms with Crippen molar-refractivity contribution in [2.45, 2.75) is 26.8 Å². The Morgan fingerprint density at radius 2 is 1.80 bits per heavy atom. The van der Waals surface area contributed by atoms with Crippen LogP contribution in [0.2, 0.25) is 0 Å². The zero-order chi connectivity index (χ0) is 11.5. The van der Waals surface area contributed by atoms with Crippen LogP contribution >= 0.6 is 15.9 Å². The summed E-state index contributed by atoms with van der Waals surface area (Å²) in [6.07, 6.45) is 0. The first-order valence-corrected chi connectivity index (χ1v) is 5.95. The monoisotopic (exact) mass is 270 g/mol. The van der Waals surface area contributed by atoms with Crippen LogP contribution in [-0.4, -0.2) is 12.6 Å². The molecule has 84 valence electrons. The number of anilines is 1. The summed E-state index contributed by atoms with van der Waals surface area (Å²) in [5, 5.41) is 3.45. The Morgan fingerprint density at radius 3 is 2.20 bits per heavy atom. The number of nitrogens with one attached hydrogen (secondary N) is 1. The Balaban J connectivity index is 2.71. The van der Waals surface area contributed by atoms with Gasteiger partial charge in [-0.25, -0.2) is 0 Å². The Labute approximate surface area is 100 Å². The van der Waals surface area contributed by atoms with E-state index in [0.29, 0.717) is 12.6 Å². The maximum atomic E-state index is 5.76. The summed E-state index contributed by atoms with van der Waals surface area (Å²) < 4.78 is 1.09. The molecule has 1 aromatic rings. The van der Waals surface area contributed by atoms with Gasteiger partial charge in [0.25, 0.3) is 0 Å². The largest absolute Gasteiger partial charge is 0.381 e. The van der Waals surface area contributed by atoms with Crippen LogP contribution in [0.1, 0.15) is 20.8 Å². The lowest BCUT2D eigenvalue weighted by molar-refractivity contribution is 0.346. The lowest BCUT2D eigenvalue weighted by Crippen LogP contribution is -2.40. The van der Waals surface area contributed by atoms with Gasteiger partial charge in [0.2, 0.25) is 0 Å². The molecule has 0 bridgehead atoms. The van der Waals surface area contributed by atoms with Gasteiger partial charge < -0.3 is 11.1 Å². The fourth-order valence-electron chi connectivity index (χ4n) is 1.38. The van der Waals surface area contributed by atoms with Crippen LogP contribution in [0.3, 0.4) is 0 Å². The molecular formula is C12H19BrN2. The highest BCUT2D eigenvalue weighted by atomic mass is 79.9. The molecule has 0 aliphatic rings. The van der Waals surface area contributed by atoms with E-state index in [1.54, 1.807) is 0 Å². The minimum Gasteiger partial charge on any atom is -0.381 e. The molecule has 1 rings (SSSR count). The van der Waals surface area contributed by atoms with E-state index in [1.165, 1.54) is 0 Å². The molecule has 0 saturated heterocycles. The van der Waals surface area contributed by atoms with Gasteiger partial charge >= 0.3 is 0 Å².